The highest BCUT2D eigenvalue weighted by molar-refractivity contribution is 8.00. The molecule has 0 saturated carbocycles. The Morgan fingerprint density at radius 2 is 2.07 bits per heavy atom. The van der Waals surface area contributed by atoms with E-state index in [4.69, 9.17) is 11.1 Å². The third-order valence-electron chi connectivity index (χ3n) is 1.66. The van der Waals surface area contributed by atoms with Crippen LogP contribution < -0.4 is 5.73 Å². The van der Waals surface area contributed by atoms with Gasteiger partial charge in [0.05, 0.1) is 5.84 Å². The minimum atomic E-state index is -0.228. The van der Waals surface area contributed by atoms with Crippen LogP contribution >= 0.6 is 11.8 Å². The molecule has 0 aromatic heterocycles. The highest BCUT2D eigenvalue weighted by Gasteiger charge is 2.05. The van der Waals surface area contributed by atoms with Gasteiger partial charge in [0.2, 0.25) is 0 Å². The Morgan fingerprint density at radius 3 is 2.57 bits per heavy atom. The van der Waals surface area contributed by atoms with Gasteiger partial charge in [0, 0.05) is 16.6 Å². The van der Waals surface area contributed by atoms with Gasteiger partial charge in [0.25, 0.3) is 0 Å². The number of amidine groups is 1. The highest BCUT2D eigenvalue weighted by atomic mass is 32.2. The fourth-order valence-corrected chi connectivity index (χ4v) is 2.12. The molecule has 0 amide bonds. The van der Waals surface area contributed by atoms with Crippen molar-refractivity contribution in [3.8, 4) is 0 Å². The number of halogens is 1. The lowest BCUT2D eigenvalue weighted by Crippen LogP contribution is -2.14. The summed E-state index contributed by atoms with van der Waals surface area (Å²) in [5.74, 6) is -0.0410. The number of nitrogens with one attached hydrogen (secondary N) is 1. The van der Waals surface area contributed by atoms with Crippen molar-refractivity contribution in [1.29, 1.82) is 5.41 Å². The number of nitrogens with two attached hydrogens (primary N) is 1. The lowest BCUT2D eigenvalue weighted by Gasteiger charge is -2.09. The van der Waals surface area contributed by atoms with Crippen molar-refractivity contribution >= 4 is 17.6 Å². The van der Waals surface area contributed by atoms with E-state index in [-0.39, 0.29) is 16.9 Å². The molecule has 76 valence electrons. The summed E-state index contributed by atoms with van der Waals surface area (Å²) in [7, 11) is 0. The third-order valence-corrected chi connectivity index (χ3v) is 2.77. The van der Waals surface area contributed by atoms with Crippen LogP contribution in [0.2, 0.25) is 0 Å². The van der Waals surface area contributed by atoms with Crippen molar-refractivity contribution in [3.63, 3.8) is 0 Å². The van der Waals surface area contributed by atoms with E-state index in [1.54, 1.807) is 23.9 Å². The first-order valence-corrected chi connectivity index (χ1v) is 5.21. The summed E-state index contributed by atoms with van der Waals surface area (Å²) in [5.41, 5.74) is 5.28. The first-order chi connectivity index (χ1) is 6.58. The Kier molecular flexibility index (Phi) is 3.95. The van der Waals surface area contributed by atoms with Gasteiger partial charge in [-0.3, -0.25) is 5.41 Å². The van der Waals surface area contributed by atoms with Gasteiger partial charge in [0.1, 0.15) is 5.82 Å². The van der Waals surface area contributed by atoms with Crippen LogP contribution in [0.4, 0.5) is 4.39 Å². The van der Waals surface area contributed by atoms with E-state index in [1.807, 2.05) is 6.92 Å². The topological polar surface area (TPSA) is 49.9 Å². The highest BCUT2D eigenvalue weighted by Crippen LogP contribution is 2.24. The summed E-state index contributed by atoms with van der Waals surface area (Å²) in [6.45, 7) is 2.00. The van der Waals surface area contributed by atoms with Gasteiger partial charge in [-0.15, -0.1) is 11.8 Å². The lowest BCUT2D eigenvalue weighted by molar-refractivity contribution is 0.626. The summed E-state index contributed by atoms with van der Waals surface area (Å²) >= 11 is 1.59. The maximum absolute atomic E-state index is 12.6. The first kappa shape index (κ1) is 11.0. The van der Waals surface area contributed by atoms with E-state index >= 15 is 0 Å². The molecule has 0 saturated heterocycles. The maximum Gasteiger partial charge on any atom is 0.123 e. The van der Waals surface area contributed by atoms with Crippen molar-refractivity contribution in [2.45, 2.75) is 23.5 Å². The van der Waals surface area contributed by atoms with Crippen molar-refractivity contribution in [3.05, 3.63) is 30.1 Å². The van der Waals surface area contributed by atoms with Crippen LogP contribution in [-0.2, 0) is 0 Å². The molecule has 0 radical (unpaired) electrons. The van der Waals surface area contributed by atoms with Crippen molar-refractivity contribution in [1.82, 2.24) is 0 Å². The number of thioether (sulfide) groups is 1. The predicted octanol–water partition coefficient (Wildman–Crippen LogP) is 2.63. The van der Waals surface area contributed by atoms with E-state index < -0.39 is 0 Å². The number of rotatable bonds is 4. The zero-order chi connectivity index (χ0) is 10.6. The first-order valence-electron chi connectivity index (χ1n) is 4.33. The molecule has 1 aromatic rings. The minimum Gasteiger partial charge on any atom is -0.388 e. The van der Waals surface area contributed by atoms with Crippen LogP contribution in [0.25, 0.3) is 0 Å². The maximum atomic E-state index is 12.6. The normalized spacial score (nSPS) is 12.4. The summed E-state index contributed by atoms with van der Waals surface area (Å²) in [4.78, 5) is 1.00. The standard InChI is InChI=1S/C10H13FN2S/c1-7(6-10(12)13)14-9-4-2-8(11)3-5-9/h2-5,7H,6H2,1H3,(H3,12,13). The van der Waals surface area contributed by atoms with Crippen LogP contribution in [0.15, 0.2) is 29.2 Å². The number of hydrogen-bond donors (Lipinski definition) is 2. The minimum absolute atomic E-state index is 0.187. The molecule has 0 aliphatic rings. The van der Waals surface area contributed by atoms with Crippen LogP contribution in [0, 0.1) is 11.2 Å². The molecular formula is C10H13FN2S. The second-order valence-electron chi connectivity index (χ2n) is 3.11. The lowest BCUT2D eigenvalue weighted by atomic mass is 10.3. The average molecular weight is 212 g/mol. The van der Waals surface area contributed by atoms with Gasteiger partial charge in [-0.25, -0.2) is 4.39 Å². The van der Waals surface area contributed by atoms with E-state index in [9.17, 15) is 4.39 Å². The molecular weight excluding hydrogens is 199 g/mol. The van der Waals surface area contributed by atoms with Crippen molar-refractivity contribution < 1.29 is 4.39 Å². The number of benzene rings is 1. The average Bonchev–Trinajstić information content (AvgIpc) is 2.07. The molecule has 1 atom stereocenters. The smallest absolute Gasteiger partial charge is 0.123 e. The van der Waals surface area contributed by atoms with Crippen LogP contribution in [0.3, 0.4) is 0 Å². The molecule has 2 nitrogen and oxygen atoms in total. The van der Waals surface area contributed by atoms with Crippen LogP contribution in [0.1, 0.15) is 13.3 Å². The molecule has 1 unspecified atom stereocenters. The molecule has 0 fully saturated rings. The zero-order valence-electron chi connectivity index (χ0n) is 7.96. The fraction of sp³-hybridized carbons (Fsp3) is 0.300. The largest absolute Gasteiger partial charge is 0.388 e. The molecule has 0 spiro atoms. The molecule has 0 aliphatic heterocycles. The van der Waals surface area contributed by atoms with E-state index in [0.29, 0.717) is 6.42 Å². The summed E-state index contributed by atoms with van der Waals surface area (Å²) in [6, 6.07) is 6.33. The summed E-state index contributed by atoms with van der Waals surface area (Å²) in [5, 5.41) is 7.38. The molecule has 1 aromatic carbocycles. The van der Waals surface area contributed by atoms with E-state index in [2.05, 4.69) is 0 Å². The Bertz CT molecular complexity index is 310. The molecule has 0 aliphatic carbocycles. The van der Waals surface area contributed by atoms with E-state index in [1.165, 1.54) is 12.1 Å². The van der Waals surface area contributed by atoms with Gasteiger partial charge in [0.15, 0.2) is 0 Å². The third kappa shape index (κ3) is 3.79. The monoisotopic (exact) mass is 212 g/mol. The van der Waals surface area contributed by atoms with Gasteiger partial charge in [-0.1, -0.05) is 6.92 Å². The van der Waals surface area contributed by atoms with Gasteiger partial charge >= 0.3 is 0 Å². The molecule has 4 heteroatoms. The molecule has 0 heterocycles. The summed E-state index contributed by atoms with van der Waals surface area (Å²) < 4.78 is 12.6. The molecule has 0 bridgehead atoms. The Labute approximate surface area is 87.2 Å². The number of hydrogen-bond acceptors (Lipinski definition) is 2. The fourth-order valence-electron chi connectivity index (χ4n) is 1.10. The van der Waals surface area contributed by atoms with E-state index in [0.717, 1.165) is 4.90 Å². The van der Waals surface area contributed by atoms with Crippen LogP contribution in [0.5, 0.6) is 0 Å². The second kappa shape index (κ2) is 5.00. The Morgan fingerprint density at radius 1 is 1.50 bits per heavy atom. The molecule has 14 heavy (non-hydrogen) atoms. The van der Waals surface area contributed by atoms with Crippen molar-refractivity contribution in [2.75, 3.05) is 0 Å². The van der Waals surface area contributed by atoms with Crippen LogP contribution in [-0.4, -0.2) is 11.1 Å². The Balaban J connectivity index is 2.51. The summed E-state index contributed by atoms with van der Waals surface area (Å²) in [6.07, 6.45) is 0.558. The SMILES string of the molecule is CC(CC(=N)N)Sc1ccc(F)cc1. The zero-order valence-corrected chi connectivity index (χ0v) is 8.77. The predicted molar refractivity (Wildman–Crippen MR) is 58.3 cm³/mol. The molecule has 1 rings (SSSR count). The Hall–Kier alpha value is -1.03. The second-order valence-corrected chi connectivity index (χ2v) is 4.62. The van der Waals surface area contributed by atoms with Gasteiger partial charge in [-0.05, 0) is 24.3 Å². The van der Waals surface area contributed by atoms with Crippen molar-refractivity contribution in [2.24, 2.45) is 5.73 Å². The quantitative estimate of drug-likeness (QED) is 0.458. The van der Waals surface area contributed by atoms with Gasteiger partial charge < -0.3 is 5.73 Å². The molecule has 3 N–H and O–H groups in total. The van der Waals surface area contributed by atoms with Gasteiger partial charge in [-0.2, -0.15) is 0 Å².